The predicted molar refractivity (Wildman–Crippen MR) is 52.7 cm³/mol. The molecule has 0 amide bonds. The van der Waals surface area contributed by atoms with Crippen LogP contribution in [-0.4, -0.2) is 44.5 Å². The fourth-order valence-corrected chi connectivity index (χ4v) is 1.73. The Hall–Kier alpha value is -0.120. The summed E-state index contributed by atoms with van der Waals surface area (Å²) in [6, 6.07) is 0.577. The highest BCUT2D eigenvalue weighted by Gasteiger charge is 2.21. The van der Waals surface area contributed by atoms with E-state index in [1.54, 1.807) is 7.11 Å². The molecule has 1 aliphatic rings. The van der Waals surface area contributed by atoms with Gasteiger partial charge >= 0.3 is 0 Å². The lowest BCUT2D eigenvalue weighted by Crippen LogP contribution is -2.46. The maximum Gasteiger partial charge on any atom is 0.0990 e. The van der Waals surface area contributed by atoms with E-state index in [9.17, 15) is 0 Å². The van der Waals surface area contributed by atoms with E-state index >= 15 is 0 Å². The number of unbranched alkanes of at least 4 members (excludes halogenated alkanes) is 1. The van der Waals surface area contributed by atoms with Gasteiger partial charge in [0.25, 0.3) is 0 Å². The van der Waals surface area contributed by atoms with Crippen molar-refractivity contribution >= 4 is 0 Å². The lowest BCUT2D eigenvalue weighted by Gasteiger charge is -2.34. The van der Waals surface area contributed by atoms with Crippen LogP contribution in [-0.2, 0) is 9.47 Å². The number of rotatable bonds is 5. The van der Waals surface area contributed by atoms with Gasteiger partial charge in [-0.25, -0.2) is 0 Å². The van der Waals surface area contributed by atoms with Crippen LogP contribution in [0, 0.1) is 0 Å². The van der Waals surface area contributed by atoms with Crippen LogP contribution in [0.4, 0.5) is 0 Å². The van der Waals surface area contributed by atoms with Gasteiger partial charge in [0.1, 0.15) is 0 Å². The Labute approximate surface area is 81.0 Å². The zero-order valence-corrected chi connectivity index (χ0v) is 8.79. The third-order valence-corrected chi connectivity index (χ3v) is 2.54. The standard InChI is InChI=1S/C10H21NO2/c1-3-4-5-10-8-13-7-6-11(10)9-12-2/h10H,3-9H2,1-2H3. The molecule has 78 valence electrons. The Bertz CT molecular complexity index is 128. The van der Waals surface area contributed by atoms with Crippen molar-refractivity contribution in [2.24, 2.45) is 0 Å². The molecule has 1 saturated heterocycles. The molecule has 1 unspecified atom stereocenters. The van der Waals surface area contributed by atoms with E-state index in [2.05, 4.69) is 11.8 Å². The molecule has 0 radical (unpaired) electrons. The van der Waals surface area contributed by atoms with Crippen LogP contribution in [0.15, 0.2) is 0 Å². The maximum absolute atomic E-state index is 5.46. The summed E-state index contributed by atoms with van der Waals surface area (Å²) in [6.45, 7) is 5.72. The smallest absolute Gasteiger partial charge is 0.0990 e. The maximum atomic E-state index is 5.46. The number of ether oxygens (including phenoxy) is 2. The molecule has 1 aliphatic heterocycles. The quantitative estimate of drug-likeness (QED) is 0.650. The Morgan fingerprint density at radius 2 is 2.38 bits per heavy atom. The second-order valence-corrected chi connectivity index (χ2v) is 3.60. The van der Waals surface area contributed by atoms with Gasteiger partial charge in [0.2, 0.25) is 0 Å². The Kier molecular flexibility index (Phi) is 5.35. The zero-order valence-electron chi connectivity index (χ0n) is 8.79. The molecule has 0 aliphatic carbocycles. The molecule has 0 N–H and O–H groups in total. The fraction of sp³-hybridized carbons (Fsp3) is 1.00. The van der Waals surface area contributed by atoms with Gasteiger partial charge in [0, 0.05) is 19.7 Å². The summed E-state index contributed by atoms with van der Waals surface area (Å²) in [6.07, 6.45) is 3.78. The summed E-state index contributed by atoms with van der Waals surface area (Å²) in [7, 11) is 1.76. The molecule has 0 bridgehead atoms. The van der Waals surface area contributed by atoms with Gasteiger partial charge in [0.05, 0.1) is 19.9 Å². The van der Waals surface area contributed by atoms with Gasteiger partial charge in [-0.3, -0.25) is 4.90 Å². The van der Waals surface area contributed by atoms with Gasteiger partial charge in [-0.1, -0.05) is 19.8 Å². The van der Waals surface area contributed by atoms with Crippen LogP contribution >= 0.6 is 0 Å². The highest BCUT2D eigenvalue weighted by atomic mass is 16.5. The Morgan fingerprint density at radius 1 is 1.54 bits per heavy atom. The summed E-state index contributed by atoms with van der Waals surface area (Å²) >= 11 is 0. The van der Waals surface area contributed by atoms with Gasteiger partial charge in [-0.2, -0.15) is 0 Å². The van der Waals surface area contributed by atoms with E-state index < -0.39 is 0 Å². The summed E-state index contributed by atoms with van der Waals surface area (Å²) in [5, 5.41) is 0. The Morgan fingerprint density at radius 3 is 3.08 bits per heavy atom. The number of nitrogens with zero attached hydrogens (tertiary/aromatic N) is 1. The Balaban J connectivity index is 2.28. The van der Waals surface area contributed by atoms with E-state index in [1.165, 1.54) is 19.3 Å². The van der Waals surface area contributed by atoms with E-state index in [1.807, 2.05) is 0 Å². The highest BCUT2D eigenvalue weighted by molar-refractivity contribution is 4.72. The molecule has 1 heterocycles. The van der Waals surface area contributed by atoms with Gasteiger partial charge < -0.3 is 9.47 Å². The first-order chi connectivity index (χ1) is 6.38. The molecule has 0 spiro atoms. The topological polar surface area (TPSA) is 21.7 Å². The van der Waals surface area contributed by atoms with Crippen molar-refractivity contribution in [2.75, 3.05) is 33.6 Å². The molecule has 0 aromatic rings. The van der Waals surface area contributed by atoms with Crippen molar-refractivity contribution in [3.63, 3.8) is 0 Å². The number of hydrogen-bond acceptors (Lipinski definition) is 3. The summed E-state index contributed by atoms with van der Waals surface area (Å²) in [5.41, 5.74) is 0. The van der Waals surface area contributed by atoms with E-state index in [0.29, 0.717) is 6.04 Å². The molecule has 3 heteroatoms. The van der Waals surface area contributed by atoms with Gasteiger partial charge in [0.15, 0.2) is 0 Å². The van der Waals surface area contributed by atoms with Crippen molar-refractivity contribution in [2.45, 2.75) is 32.2 Å². The average molecular weight is 187 g/mol. The summed E-state index contributed by atoms with van der Waals surface area (Å²) < 4.78 is 10.6. The molecule has 1 atom stereocenters. The molecule has 0 aromatic carbocycles. The molecule has 3 nitrogen and oxygen atoms in total. The zero-order chi connectivity index (χ0) is 9.52. The molecule has 13 heavy (non-hydrogen) atoms. The summed E-state index contributed by atoms with van der Waals surface area (Å²) in [4.78, 5) is 2.37. The van der Waals surface area contributed by atoms with E-state index in [-0.39, 0.29) is 0 Å². The second-order valence-electron chi connectivity index (χ2n) is 3.60. The van der Waals surface area contributed by atoms with Crippen LogP contribution in [0.3, 0.4) is 0 Å². The van der Waals surface area contributed by atoms with Crippen molar-refractivity contribution in [1.29, 1.82) is 0 Å². The molecule has 0 aromatic heterocycles. The van der Waals surface area contributed by atoms with Crippen LogP contribution in [0.25, 0.3) is 0 Å². The minimum Gasteiger partial charge on any atom is -0.378 e. The SMILES string of the molecule is CCCCC1COCCN1COC. The average Bonchev–Trinajstić information content (AvgIpc) is 2.17. The second kappa shape index (κ2) is 6.35. The molecule has 0 saturated carbocycles. The van der Waals surface area contributed by atoms with Crippen LogP contribution in [0.5, 0.6) is 0 Å². The molecule has 1 fully saturated rings. The first kappa shape index (κ1) is 11.0. The highest BCUT2D eigenvalue weighted by Crippen LogP contribution is 2.12. The minimum atomic E-state index is 0.577. The first-order valence-corrected chi connectivity index (χ1v) is 5.19. The molecular formula is C10H21NO2. The van der Waals surface area contributed by atoms with Crippen molar-refractivity contribution in [3.8, 4) is 0 Å². The van der Waals surface area contributed by atoms with Gasteiger partial charge in [-0.15, -0.1) is 0 Å². The van der Waals surface area contributed by atoms with Crippen LogP contribution in [0.1, 0.15) is 26.2 Å². The first-order valence-electron chi connectivity index (χ1n) is 5.19. The third-order valence-electron chi connectivity index (χ3n) is 2.54. The fourth-order valence-electron chi connectivity index (χ4n) is 1.73. The van der Waals surface area contributed by atoms with Crippen molar-refractivity contribution in [3.05, 3.63) is 0 Å². The monoisotopic (exact) mass is 187 g/mol. The largest absolute Gasteiger partial charge is 0.378 e. The number of methoxy groups -OCH3 is 1. The normalized spacial score (nSPS) is 24.9. The van der Waals surface area contributed by atoms with Crippen molar-refractivity contribution in [1.82, 2.24) is 4.90 Å². The molecule has 1 rings (SSSR count). The van der Waals surface area contributed by atoms with Crippen LogP contribution < -0.4 is 0 Å². The van der Waals surface area contributed by atoms with E-state index in [4.69, 9.17) is 9.47 Å². The van der Waals surface area contributed by atoms with Crippen molar-refractivity contribution < 1.29 is 9.47 Å². The lowest BCUT2D eigenvalue weighted by atomic mass is 10.1. The lowest BCUT2D eigenvalue weighted by molar-refractivity contribution is -0.0591. The third kappa shape index (κ3) is 3.63. The number of hydrogen-bond donors (Lipinski definition) is 0. The summed E-state index contributed by atoms with van der Waals surface area (Å²) in [5.74, 6) is 0. The van der Waals surface area contributed by atoms with Crippen LogP contribution in [0.2, 0.25) is 0 Å². The number of morpholine rings is 1. The molecular weight excluding hydrogens is 166 g/mol. The van der Waals surface area contributed by atoms with E-state index in [0.717, 1.165) is 26.5 Å². The van der Waals surface area contributed by atoms with Gasteiger partial charge in [-0.05, 0) is 6.42 Å². The minimum absolute atomic E-state index is 0.577. The predicted octanol–water partition coefficient (Wildman–Crippen LogP) is 1.48.